The Morgan fingerprint density at radius 3 is 2.17 bits per heavy atom. The molecule has 2 fully saturated rings. The van der Waals surface area contributed by atoms with E-state index in [9.17, 15) is 0 Å². The van der Waals surface area contributed by atoms with Gasteiger partial charge in [-0.2, -0.15) is 0 Å². The van der Waals surface area contributed by atoms with E-state index in [1.54, 1.807) is 0 Å². The van der Waals surface area contributed by atoms with Crippen molar-refractivity contribution in [1.29, 1.82) is 0 Å². The summed E-state index contributed by atoms with van der Waals surface area (Å²) in [6.07, 6.45) is 3.81. The Labute approximate surface area is 109 Å². The maximum Gasteiger partial charge on any atom is 0.532 e. The molecule has 3 nitrogen and oxygen atoms in total. The fourth-order valence-corrected chi connectivity index (χ4v) is 2.37. The van der Waals surface area contributed by atoms with Crippen LogP contribution < -0.4 is 5.66 Å². The van der Waals surface area contributed by atoms with Gasteiger partial charge in [-0.25, -0.2) is 0 Å². The van der Waals surface area contributed by atoms with Crippen LogP contribution >= 0.6 is 0 Å². The molecule has 0 unspecified atom stereocenters. The average molecular weight is 248 g/mol. The van der Waals surface area contributed by atoms with Gasteiger partial charge in [0, 0.05) is 5.92 Å². The van der Waals surface area contributed by atoms with E-state index in [4.69, 9.17) is 13.7 Å². The Hall–Kier alpha value is -0.735. The van der Waals surface area contributed by atoms with E-state index in [-0.39, 0.29) is 18.3 Å². The minimum atomic E-state index is -0.371. The molecule has 2 aliphatic rings. The molecule has 1 aliphatic carbocycles. The van der Waals surface area contributed by atoms with Gasteiger partial charge in [-0.3, -0.25) is 0 Å². The molecule has 2 heterocycles. The zero-order chi connectivity index (χ0) is 13.0. The zero-order valence-corrected chi connectivity index (χ0v) is 11.7. The van der Waals surface area contributed by atoms with Crippen LogP contribution in [0.5, 0.6) is 0 Å². The van der Waals surface area contributed by atoms with Crippen LogP contribution in [-0.2, 0) is 9.31 Å². The van der Waals surface area contributed by atoms with E-state index < -0.39 is 0 Å². The van der Waals surface area contributed by atoms with Gasteiger partial charge in [-0.15, -0.1) is 0 Å². The zero-order valence-electron chi connectivity index (χ0n) is 11.7. The molecule has 1 saturated carbocycles. The minimum absolute atomic E-state index is 0.304. The van der Waals surface area contributed by atoms with Crippen molar-refractivity contribution in [3.63, 3.8) is 0 Å². The third-order valence-corrected chi connectivity index (χ3v) is 4.64. The van der Waals surface area contributed by atoms with Crippen LogP contribution in [0.15, 0.2) is 16.5 Å². The first-order valence-electron chi connectivity index (χ1n) is 6.84. The SMILES string of the molecule is CC1(C)OB(c2ccc(C3CCC3)o2)OC1(C)C. The molecule has 1 saturated heterocycles. The number of rotatable bonds is 2. The van der Waals surface area contributed by atoms with Crippen molar-refractivity contribution in [3.8, 4) is 0 Å². The predicted octanol–water partition coefficient (Wildman–Crippen LogP) is 2.85. The third kappa shape index (κ3) is 1.82. The summed E-state index contributed by atoms with van der Waals surface area (Å²) in [7, 11) is -0.371. The maximum absolute atomic E-state index is 5.98. The molecule has 1 aliphatic heterocycles. The monoisotopic (exact) mass is 248 g/mol. The second-order valence-electron chi connectivity index (χ2n) is 6.46. The maximum atomic E-state index is 5.98. The largest absolute Gasteiger partial charge is 0.532 e. The van der Waals surface area contributed by atoms with Crippen molar-refractivity contribution >= 4 is 12.8 Å². The number of hydrogen-bond acceptors (Lipinski definition) is 3. The van der Waals surface area contributed by atoms with Crippen LogP contribution in [-0.4, -0.2) is 18.3 Å². The van der Waals surface area contributed by atoms with Gasteiger partial charge in [0.2, 0.25) is 0 Å². The van der Waals surface area contributed by atoms with Gasteiger partial charge >= 0.3 is 7.12 Å². The highest BCUT2D eigenvalue weighted by Gasteiger charge is 2.53. The van der Waals surface area contributed by atoms with E-state index in [0.29, 0.717) is 5.92 Å². The molecular weight excluding hydrogens is 227 g/mol. The number of furan rings is 1. The first kappa shape index (κ1) is 12.3. The average Bonchev–Trinajstić information content (AvgIpc) is 2.68. The van der Waals surface area contributed by atoms with Crippen LogP contribution in [0.2, 0.25) is 0 Å². The third-order valence-electron chi connectivity index (χ3n) is 4.64. The van der Waals surface area contributed by atoms with Crippen LogP contribution in [0.25, 0.3) is 0 Å². The van der Waals surface area contributed by atoms with Crippen molar-refractivity contribution < 1.29 is 13.7 Å². The van der Waals surface area contributed by atoms with Gasteiger partial charge in [0.25, 0.3) is 0 Å². The van der Waals surface area contributed by atoms with Gasteiger partial charge in [-0.1, -0.05) is 6.42 Å². The molecule has 0 atom stereocenters. The summed E-state index contributed by atoms with van der Waals surface area (Å²) in [5.41, 5.74) is 0.192. The summed E-state index contributed by atoms with van der Waals surface area (Å²) in [4.78, 5) is 0. The van der Waals surface area contributed by atoms with Gasteiger partial charge in [0.15, 0.2) is 0 Å². The summed E-state index contributed by atoms with van der Waals surface area (Å²) in [6.45, 7) is 8.23. The van der Waals surface area contributed by atoms with Crippen LogP contribution in [0.3, 0.4) is 0 Å². The van der Waals surface area contributed by atoms with Gasteiger partial charge < -0.3 is 13.7 Å². The molecule has 98 valence electrons. The standard InChI is InChI=1S/C14H21BO3/c1-13(2)14(3,4)18-15(17-13)12-9-8-11(16-12)10-6-5-7-10/h8-10H,5-7H2,1-4H3. The van der Waals surface area contributed by atoms with Crippen molar-refractivity contribution in [2.45, 2.75) is 64.1 Å². The minimum Gasteiger partial charge on any atom is -0.469 e. The molecule has 0 spiro atoms. The van der Waals surface area contributed by atoms with E-state index in [1.165, 1.54) is 19.3 Å². The molecule has 0 radical (unpaired) electrons. The Kier molecular flexibility index (Phi) is 2.65. The lowest BCUT2D eigenvalue weighted by Crippen LogP contribution is -2.41. The fourth-order valence-electron chi connectivity index (χ4n) is 2.37. The Balaban J connectivity index is 1.78. The fraction of sp³-hybridized carbons (Fsp3) is 0.714. The highest BCUT2D eigenvalue weighted by atomic mass is 16.7. The molecule has 3 rings (SSSR count). The molecule has 0 N–H and O–H groups in total. The van der Waals surface area contributed by atoms with Gasteiger partial charge in [-0.05, 0) is 52.7 Å². The van der Waals surface area contributed by atoms with E-state index in [0.717, 1.165) is 11.4 Å². The molecule has 0 bridgehead atoms. The van der Waals surface area contributed by atoms with Crippen molar-refractivity contribution in [1.82, 2.24) is 0 Å². The lowest BCUT2D eigenvalue weighted by atomic mass is 9.84. The molecule has 0 amide bonds. The summed E-state index contributed by atoms with van der Waals surface area (Å²) < 4.78 is 17.9. The molecule has 1 aromatic heterocycles. The quantitative estimate of drug-likeness (QED) is 0.754. The topological polar surface area (TPSA) is 31.6 Å². The lowest BCUT2D eigenvalue weighted by molar-refractivity contribution is 0.00578. The van der Waals surface area contributed by atoms with Crippen molar-refractivity contribution in [3.05, 3.63) is 17.9 Å². The summed E-state index contributed by atoms with van der Waals surface area (Å²) >= 11 is 0. The number of hydrogen-bond donors (Lipinski definition) is 0. The second-order valence-corrected chi connectivity index (χ2v) is 6.46. The molecule has 18 heavy (non-hydrogen) atoms. The highest BCUT2D eigenvalue weighted by molar-refractivity contribution is 6.60. The Bertz CT molecular complexity index is 430. The van der Waals surface area contributed by atoms with Crippen LogP contribution in [0, 0.1) is 0 Å². The first-order valence-corrected chi connectivity index (χ1v) is 6.84. The molecule has 4 heteroatoms. The normalized spacial score (nSPS) is 26.3. The lowest BCUT2D eigenvalue weighted by Gasteiger charge is -2.32. The van der Waals surface area contributed by atoms with Gasteiger partial charge in [0.1, 0.15) is 11.4 Å². The Morgan fingerprint density at radius 2 is 1.67 bits per heavy atom. The summed E-state index contributed by atoms with van der Waals surface area (Å²) in [5.74, 6) is 1.70. The molecular formula is C14H21BO3. The van der Waals surface area contributed by atoms with E-state index >= 15 is 0 Å². The smallest absolute Gasteiger partial charge is 0.469 e. The Morgan fingerprint density at radius 1 is 1.06 bits per heavy atom. The predicted molar refractivity (Wildman–Crippen MR) is 71.0 cm³/mol. The second kappa shape index (κ2) is 3.88. The van der Waals surface area contributed by atoms with Crippen molar-refractivity contribution in [2.75, 3.05) is 0 Å². The van der Waals surface area contributed by atoms with Gasteiger partial charge in [0.05, 0.1) is 11.2 Å². The van der Waals surface area contributed by atoms with Crippen LogP contribution in [0.4, 0.5) is 0 Å². The van der Waals surface area contributed by atoms with E-state index in [2.05, 4.69) is 33.8 Å². The summed E-state index contributed by atoms with van der Waals surface area (Å²) in [6, 6.07) is 4.07. The molecule has 0 aromatic carbocycles. The van der Waals surface area contributed by atoms with Crippen molar-refractivity contribution in [2.24, 2.45) is 0 Å². The first-order chi connectivity index (χ1) is 8.39. The highest BCUT2D eigenvalue weighted by Crippen LogP contribution is 2.38. The van der Waals surface area contributed by atoms with E-state index in [1.807, 2.05) is 6.07 Å². The molecule has 1 aromatic rings. The van der Waals surface area contributed by atoms with Crippen LogP contribution in [0.1, 0.15) is 58.6 Å². The summed E-state index contributed by atoms with van der Waals surface area (Å²) in [5, 5.41) is 0.